The Morgan fingerprint density at radius 1 is 1.10 bits per heavy atom. The standard InChI is InChI=1S/C4H2NO2S.3C4H9.Sn/c6-4(7)3-5-1-2-8-3;3*1-3-4-2;/h1H,(H,6,7);3*1,3-4H2,2H3;. The second kappa shape index (κ2) is 9.82. The molecule has 0 aliphatic carbocycles. The number of carbonyl (C=O) groups is 1. The van der Waals surface area contributed by atoms with Crippen molar-refractivity contribution >= 4 is 38.6 Å². The summed E-state index contributed by atoms with van der Waals surface area (Å²) >= 11 is -0.962. The van der Waals surface area contributed by atoms with E-state index in [1.807, 2.05) is 6.20 Å². The molecule has 0 spiro atoms. The first kappa shape index (κ1) is 18.9. The summed E-state index contributed by atoms with van der Waals surface area (Å²) < 4.78 is 5.50. The van der Waals surface area contributed by atoms with Crippen LogP contribution in [-0.4, -0.2) is 34.4 Å². The summed E-state index contributed by atoms with van der Waals surface area (Å²) in [4.78, 5) is 15.3. The first-order valence-corrected chi connectivity index (χ1v) is 16.6. The minimum absolute atomic E-state index is 0.288. The fourth-order valence-electron chi connectivity index (χ4n) is 2.91. The summed E-state index contributed by atoms with van der Waals surface area (Å²) in [5, 5.41) is 9.45. The van der Waals surface area contributed by atoms with E-state index in [-0.39, 0.29) is 5.01 Å². The van der Waals surface area contributed by atoms with Crippen LogP contribution < -0.4 is 2.89 Å². The van der Waals surface area contributed by atoms with Gasteiger partial charge >= 0.3 is 137 Å². The first-order chi connectivity index (χ1) is 10.1. The van der Waals surface area contributed by atoms with E-state index in [2.05, 4.69) is 25.8 Å². The van der Waals surface area contributed by atoms with Crippen molar-refractivity contribution in [3.63, 3.8) is 0 Å². The number of carboxylic acids is 1. The van der Waals surface area contributed by atoms with E-state index in [4.69, 9.17) is 5.11 Å². The van der Waals surface area contributed by atoms with Crippen LogP contribution in [0.5, 0.6) is 0 Å². The van der Waals surface area contributed by atoms with Gasteiger partial charge in [-0.3, -0.25) is 0 Å². The van der Waals surface area contributed by atoms with E-state index in [1.165, 1.54) is 66.1 Å². The van der Waals surface area contributed by atoms with Crippen LogP contribution in [0, 0.1) is 0 Å². The van der Waals surface area contributed by atoms with Crippen molar-refractivity contribution in [1.82, 2.24) is 4.98 Å². The van der Waals surface area contributed by atoms with Crippen LogP contribution in [0.3, 0.4) is 0 Å². The fourth-order valence-corrected chi connectivity index (χ4v) is 22.4. The van der Waals surface area contributed by atoms with E-state index in [0.717, 1.165) is 0 Å². The molecule has 0 amide bonds. The maximum atomic E-state index is 11.2. The molecule has 1 heterocycles. The van der Waals surface area contributed by atoms with E-state index in [9.17, 15) is 4.79 Å². The molecule has 21 heavy (non-hydrogen) atoms. The number of thiazole rings is 1. The molecule has 0 aromatic carbocycles. The normalized spacial score (nSPS) is 11.8. The van der Waals surface area contributed by atoms with Gasteiger partial charge in [0.25, 0.3) is 0 Å². The monoisotopic (exact) mass is 419 g/mol. The molecule has 0 bridgehead atoms. The van der Waals surface area contributed by atoms with Gasteiger partial charge in [-0.25, -0.2) is 0 Å². The van der Waals surface area contributed by atoms with Gasteiger partial charge in [0.1, 0.15) is 0 Å². The SMILES string of the molecule is CCC[CH2][Sn]([CH2]CCC)([CH2]CCC)[c]1cnc(C(=O)O)s1. The van der Waals surface area contributed by atoms with Crippen LogP contribution >= 0.6 is 11.3 Å². The van der Waals surface area contributed by atoms with Crippen LogP contribution in [0.2, 0.25) is 13.3 Å². The van der Waals surface area contributed by atoms with Crippen molar-refractivity contribution < 1.29 is 9.90 Å². The number of aromatic nitrogens is 1. The number of carboxylic acid groups (broad SMARTS) is 1. The number of hydrogen-bond donors (Lipinski definition) is 1. The molecular formula is C16H29NO2SSn. The van der Waals surface area contributed by atoms with Crippen LogP contribution in [0.15, 0.2) is 6.20 Å². The quantitative estimate of drug-likeness (QED) is 0.521. The molecule has 0 radical (unpaired) electrons. The minimum atomic E-state index is -2.44. The molecule has 0 fully saturated rings. The van der Waals surface area contributed by atoms with Crippen LogP contribution in [0.1, 0.15) is 69.1 Å². The van der Waals surface area contributed by atoms with Gasteiger partial charge < -0.3 is 0 Å². The van der Waals surface area contributed by atoms with E-state index in [0.29, 0.717) is 0 Å². The molecular weight excluding hydrogens is 389 g/mol. The molecule has 1 aromatic heterocycles. The molecule has 0 atom stereocenters. The molecule has 0 saturated carbocycles. The number of unbranched alkanes of at least 4 members (excludes halogenated alkanes) is 3. The number of aromatic carboxylic acids is 1. The zero-order valence-corrected chi connectivity index (χ0v) is 17.3. The van der Waals surface area contributed by atoms with Gasteiger partial charge in [0.05, 0.1) is 0 Å². The Morgan fingerprint density at radius 2 is 1.57 bits per heavy atom. The Labute approximate surface area is 137 Å². The average molecular weight is 418 g/mol. The van der Waals surface area contributed by atoms with Gasteiger partial charge in [0.2, 0.25) is 0 Å². The predicted molar refractivity (Wildman–Crippen MR) is 93.6 cm³/mol. The van der Waals surface area contributed by atoms with E-state index in [1.54, 1.807) is 0 Å². The Morgan fingerprint density at radius 3 is 1.90 bits per heavy atom. The molecule has 3 nitrogen and oxygen atoms in total. The average Bonchev–Trinajstić information content (AvgIpc) is 2.97. The van der Waals surface area contributed by atoms with Crippen molar-refractivity contribution in [3.8, 4) is 0 Å². The van der Waals surface area contributed by atoms with E-state index >= 15 is 0 Å². The van der Waals surface area contributed by atoms with Crippen LogP contribution in [-0.2, 0) is 0 Å². The number of hydrogen-bond acceptors (Lipinski definition) is 3. The Bertz CT molecular complexity index is 412. The van der Waals surface area contributed by atoms with Crippen molar-refractivity contribution in [2.24, 2.45) is 0 Å². The third kappa shape index (κ3) is 5.55. The zero-order valence-electron chi connectivity index (χ0n) is 13.7. The summed E-state index contributed by atoms with van der Waals surface area (Å²) in [5.74, 6) is -0.868. The fraction of sp³-hybridized carbons (Fsp3) is 0.750. The number of rotatable bonds is 11. The van der Waals surface area contributed by atoms with Gasteiger partial charge in [-0.05, 0) is 0 Å². The van der Waals surface area contributed by atoms with Crippen LogP contribution in [0.25, 0.3) is 0 Å². The van der Waals surface area contributed by atoms with Crippen molar-refractivity contribution in [2.45, 2.75) is 72.6 Å². The maximum absolute atomic E-state index is 11.2. The van der Waals surface area contributed by atoms with Gasteiger partial charge in [-0.1, -0.05) is 0 Å². The molecule has 0 unspecified atom stereocenters. The summed E-state index contributed by atoms with van der Waals surface area (Å²) in [5.41, 5.74) is 0. The summed E-state index contributed by atoms with van der Waals surface area (Å²) in [6.45, 7) is 6.77. The number of nitrogens with zero attached hydrogens (tertiary/aromatic N) is 1. The van der Waals surface area contributed by atoms with Crippen molar-refractivity contribution in [1.29, 1.82) is 0 Å². The van der Waals surface area contributed by atoms with Gasteiger partial charge in [-0.15, -0.1) is 0 Å². The van der Waals surface area contributed by atoms with E-state index < -0.39 is 24.3 Å². The van der Waals surface area contributed by atoms with Gasteiger partial charge in [-0.2, -0.15) is 0 Å². The first-order valence-electron chi connectivity index (χ1n) is 8.29. The predicted octanol–water partition coefficient (Wildman–Crippen LogP) is 4.90. The molecule has 0 saturated heterocycles. The Hall–Kier alpha value is -0.101. The molecule has 1 N–H and O–H groups in total. The molecule has 1 aromatic rings. The Kier molecular flexibility index (Phi) is 8.86. The summed E-state index contributed by atoms with van der Waals surface area (Å²) in [6.07, 6.45) is 9.52. The Balaban J connectivity index is 3.06. The summed E-state index contributed by atoms with van der Waals surface area (Å²) in [6, 6.07) is 0. The van der Waals surface area contributed by atoms with Gasteiger partial charge in [0, 0.05) is 0 Å². The van der Waals surface area contributed by atoms with Gasteiger partial charge in [0.15, 0.2) is 0 Å². The third-order valence-corrected chi connectivity index (χ3v) is 23.4. The zero-order chi connectivity index (χ0) is 15.7. The molecule has 0 aliphatic rings. The van der Waals surface area contributed by atoms with Crippen molar-refractivity contribution in [3.05, 3.63) is 11.2 Å². The van der Waals surface area contributed by atoms with Crippen LogP contribution in [0.4, 0.5) is 0 Å². The summed E-state index contributed by atoms with van der Waals surface area (Å²) in [7, 11) is 0. The second-order valence-corrected chi connectivity index (χ2v) is 21.1. The topological polar surface area (TPSA) is 50.2 Å². The van der Waals surface area contributed by atoms with Crippen molar-refractivity contribution in [2.75, 3.05) is 0 Å². The third-order valence-electron chi connectivity index (χ3n) is 4.24. The molecule has 0 aliphatic heterocycles. The molecule has 5 heteroatoms. The molecule has 1 rings (SSSR count). The molecule has 120 valence electrons. The second-order valence-electron chi connectivity index (χ2n) is 5.93.